The third-order valence-corrected chi connectivity index (χ3v) is 9.73. The zero-order valence-corrected chi connectivity index (χ0v) is 31.5. The summed E-state index contributed by atoms with van der Waals surface area (Å²) in [5, 5.41) is 0. The number of hydrogen-bond donors (Lipinski definition) is 0. The molecule has 1 aliphatic heterocycles. The van der Waals surface area contributed by atoms with Gasteiger partial charge in [0.2, 0.25) is 11.5 Å². The van der Waals surface area contributed by atoms with Gasteiger partial charge in [0.25, 0.3) is 0 Å². The van der Waals surface area contributed by atoms with Crippen LogP contribution >= 0.6 is 0 Å². The molecule has 0 radical (unpaired) electrons. The summed E-state index contributed by atoms with van der Waals surface area (Å²) in [4.78, 5) is 14.3. The standard InChI is InChI=1S/C42H48N4O7/c1-47-36-11-9-8-10-35(36)46(27-29-18-32(25-43-24-29)30-20-37(48-2)41(52-6)38(21-30)49-3)33-13-16-45(17-14-33)26-28-12-15-44-34(19-28)31-22-39(50-4)42(53-7)40(23-31)51-5/h8-12,15,18-25,33H,13-14,16-17,26-27H2,1-7H3. The van der Waals surface area contributed by atoms with Gasteiger partial charge in [0.05, 0.1) is 61.1 Å². The van der Waals surface area contributed by atoms with Crippen LogP contribution in [0.1, 0.15) is 24.0 Å². The van der Waals surface area contributed by atoms with Gasteiger partial charge in [-0.25, -0.2) is 0 Å². The van der Waals surface area contributed by atoms with E-state index in [0.29, 0.717) is 47.1 Å². The molecule has 3 heterocycles. The SMILES string of the molecule is COc1ccccc1N(Cc1cncc(-c2cc(OC)c(OC)c(OC)c2)c1)C1CCN(Cc2ccnc(-c3cc(OC)c(OC)c(OC)c3)c2)CC1. The van der Waals surface area contributed by atoms with Gasteiger partial charge < -0.3 is 38.1 Å². The zero-order valence-electron chi connectivity index (χ0n) is 31.5. The molecule has 3 aromatic carbocycles. The van der Waals surface area contributed by atoms with Crippen molar-refractivity contribution in [3.05, 3.63) is 96.4 Å². The lowest BCUT2D eigenvalue weighted by Crippen LogP contribution is -2.44. The van der Waals surface area contributed by atoms with Crippen molar-refractivity contribution in [3.63, 3.8) is 0 Å². The van der Waals surface area contributed by atoms with Crippen LogP contribution in [0.15, 0.2) is 85.3 Å². The second-order valence-corrected chi connectivity index (χ2v) is 12.8. The first kappa shape index (κ1) is 37.1. The Kier molecular flexibility index (Phi) is 12.1. The number of methoxy groups -OCH3 is 7. The van der Waals surface area contributed by atoms with Crippen LogP contribution in [-0.4, -0.2) is 83.8 Å². The van der Waals surface area contributed by atoms with E-state index in [9.17, 15) is 0 Å². The molecule has 0 N–H and O–H groups in total. The van der Waals surface area contributed by atoms with Gasteiger partial charge in [-0.15, -0.1) is 0 Å². The van der Waals surface area contributed by atoms with E-state index in [2.05, 4.69) is 50.1 Å². The minimum Gasteiger partial charge on any atom is -0.495 e. The number of anilines is 1. The molecule has 53 heavy (non-hydrogen) atoms. The van der Waals surface area contributed by atoms with Crippen molar-refractivity contribution < 1.29 is 33.2 Å². The van der Waals surface area contributed by atoms with E-state index in [0.717, 1.165) is 71.9 Å². The van der Waals surface area contributed by atoms with Gasteiger partial charge in [-0.1, -0.05) is 12.1 Å². The predicted octanol–water partition coefficient (Wildman–Crippen LogP) is 7.54. The summed E-state index contributed by atoms with van der Waals surface area (Å²) in [6.45, 7) is 3.38. The maximum absolute atomic E-state index is 5.87. The number of ether oxygens (including phenoxy) is 7. The number of nitrogens with zero attached hydrogens (tertiary/aromatic N) is 4. The molecule has 0 unspecified atom stereocenters. The van der Waals surface area contributed by atoms with Crippen molar-refractivity contribution in [2.45, 2.75) is 32.0 Å². The summed E-state index contributed by atoms with van der Waals surface area (Å²) in [7, 11) is 11.4. The van der Waals surface area contributed by atoms with Crippen LogP contribution in [0.2, 0.25) is 0 Å². The van der Waals surface area contributed by atoms with Crippen LogP contribution in [0.25, 0.3) is 22.4 Å². The number of pyridine rings is 2. The third kappa shape index (κ3) is 8.20. The number of para-hydroxylation sites is 2. The molecule has 2 aromatic heterocycles. The number of likely N-dealkylation sites (tertiary alicyclic amines) is 1. The average Bonchev–Trinajstić information content (AvgIpc) is 3.22. The number of aromatic nitrogens is 2. The molecule has 0 aliphatic carbocycles. The van der Waals surface area contributed by atoms with Crippen LogP contribution in [0.3, 0.4) is 0 Å². The van der Waals surface area contributed by atoms with Crippen molar-refractivity contribution in [2.75, 3.05) is 67.8 Å². The molecule has 1 saturated heterocycles. The fourth-order valence-corrected chi connectivity index (χ4v) is 7.06. The van der Waals surface area contributed by atoms with Crippen LogP contribution in [-0.2, 0) is 13.1 Å². The molecule has 11 heteroatoms. The average molecular weight is 721 g/mol. The van der Waals surface area contributed by atoms with E-state index in [1.54, 1.807) is 49.8 Å². The highest BCUT2D eigenvalue weighted by molar-refractivity contribution is 5.71. The quantitative estimate of drug-likeness (QED) is 0.107. The van der Waals surface area contributed by atoms with Crippen molar-refractivity contribution in [1.82, 2.24) is 14.9 Å². The Morgan fingerprint density at radius 3 is 1.77 bits per heavy atom. The van der Waals surface area contributed by atoms with Crippen molar-refractivity contribution in [2.24, 2.45) is 0 Å². The summed E-state index contributed by atoms with van der Waals surface area (Å²) >= 11 is 0. The second kappa shape index (κ2) is 17.2. The third-order valence-electron chi connectivity index (χ3n) is 9.73. The highest BCUT2D eigenvalue weighted by Gasteiger charge is 2.27. The van der Waals surface area contributed by atoms with Crippen LogP contribution in [0, 0.1) is 0 Å². The van der Waals surface area contributed by atoms with E-state index >= 15 is 0 Å². The molecule has 1 fully saturated rings. The molecule has 0 bridgehead atoms. The first-order valence-electron chi connectivity index (χ1n) is 17.5. The van der Waals surface area contributed by atoms with E-state index in [4.69, 9.17) is 33.2 Å². The maximum atomic E-state index is 5.87. The van der Waals surface area contributed by atoms with Gasteiger partial charge in [0, 0.05) is 61.9 Å². The minimum absolute atomic E-state index is 0.291. The summed E-state index contributed by atoms with van der Waals surface area (Å²) in [6, 6.07) is 22.7. The van der Waals surface area contributed by atoms with Gasteiger partial charge in [0.1, 0.15) is 5.75 Å². The van der Waals surface area contributed by atoms with E-state index < -0.39 is 0 Å². The normalized spacial score (nSPS) is 13.3. The molecular formula is C42H48N4O7. The van der Waals surface area contributed by atoms with Crippen molar-refractivity contribution in [3.8, 4) is 62.6 Å². The second-order valence-electron chi connectivity index (χ2n) is 12.8. The van der Waals surface area contributed by atoms with Crippen molar-refractivity contribution >= 4 is 5.69 Å². The maximum Gasteiger partial charge on any atom is 0.203 e. The Labute approximate surface area is 312 Å². The molecule has 6 rings (SSSR count). The van der Waals surface area contributed by atoms with Gasteiger partial charge in [-0.3, -0.25) is 14.9 Å². The molecular weight excluding hydrogens is 672 g/mol. The first-order valence-corrected chi connectivity index (χ1v) is 17.5. The molecule has 0 amide bonds. The smallest absolute Gasteiger partial charge is 0.203 e. The molecule has 0 atom stereocenters. The summed E-state index contributed by atoms with van der Waals surface area (Å²) < 4.78 is 39.4. The summed E-state index contributed by atoms with van der Waals surface area (Å²) in [5.41, 5.74) is 6.97. The lowest BCUT2D eigenvalue weighted by Gasteiger charge is -2.40. The Hall–Kier alpha value is -5.68. The van der Waals surface area contributed by atoms with Crippen LogP contribution in [0.5, 0.6) is 40.2 Å². The topological polar surface area (TPSA) is 96.9 Å². The number of rotatable bonds is 15. The molecule has 5 aromatic rings. The summed E-state index contributed by atoms with van der Waals surface area (Å²) in [5.74, 6) is 4.35. The Balaban J connectivity index is 1.21. The highest BCUT2D eigenvalue weighted by Crippen LogP contribution is 2.43. The first-order chi connectivity index (χ1) is 25.9. The van der Waals surface area contributed by atoms with Gasteiger partial charge in [-0.2, -0.15) is 0 Å². The fraction of sp³-hybridized carbons (Fsp3) is 0.333. The zero-order chi connectivity index (χ0) is 37.3. The van der Waals surface area contributed by atoms with Crippen LogP contribution < -0.4 is 38.1 Å². The van der Waals surface area contributed by atoms with Gasteiger partial charge >= 0.3 is 0 Å². The molecule has 0 spiro atoms. The molecule has 278 valence electrons. The van der Waals surface area contributed by atoms with E-state index in [-0.39, 0.29) is 0 Å². The van der Waals surface area contributed by atoms with Gasteiger partial charge in [0.15, 0.2) is 23.0 Å². The van der Waals surface area contributed by atoms with E-state index in [1.165, 1.54) is 5.56 Å². The van der Waals surface area contributed by atoms with E-state index in [1.807, 2.05) is 55.0 Å². The molecule has 11 nitrogen and oxygen atoms in total. The van der Waals surface area contributed by atoms with Gasteiger partial charge in [-0.05, 0) is 84.1 Å². The lowest BCUT2D eigenvalue weighted by molar-refractivity contribution is 0.200. The lowest BCUT2D eigenvalue weighted by atomic mass is 9.99. The monoisotopic (exact) mass is 720 g/mol. The number of piperidine rings is 1. The summed E-state index contributed by atoms with van der Waals surface area (Å²) in [6.07, 6.45) is 7.65. The largest absolute Gasteiger partial charge is 0.495 e. The number of benzene rings is 3. The fourth-order valence-electron chi connectivity index (χ4n) is 7.06. The molecule has 0 saturated carbocycles. The Morgan fingerprint density at radius 1 is 0.604 bits per heavy atom. The van der Waals surface area contributed by atoms with Crippen molar-refractivity contribution in [1.29, 1.82) is 0 Å². The highest BCUT2D eigenvalue weighted by atomic mass is 16.5. The number of hydrogen-bond acceptors (Lipinski definition) is 11. The Morgan fingerprint density at radius 2 is 1.19 bits per heavy atom. The predicted molar refractivity (Wildman–Crippen MR) is 206 cm³/mol. The van der Waals surface area contributed by atoms with Crippen LogP contribution in [0.4, 0.5) is 5.69 Å². The molecule has 1 aliphatic rings. The minimum atomic E-state index is 0.291. The Bertz CT molecular complexity index is 1950.